The quantitative estimate of drug-likeness (QED) is 0.405. The van der Waals surface area contributed by atoms with Gasteiger partial charge in [0.2, 0.25) is 5.91 Å². The van der Waals surface area contributed by atoms with Crippen molar-refractivity contribution in [2.24, 2.45) is 5.16 Å². The lowest BCUT2D eigenvalue weighted by molar-refractivity contribution is -0.125. The summed E-state index contributed by atoms with van der Waals surface area (Å²) in [5.74, 6) is 0.777. The number of oxime groups is 1. The molecule has 134 valence electrons. The summed E-state index contributed by atoms with van der Waals surface area (Å²) < 4.78 is 5.58. The Morgan fingerprint density at radius 1 is 1.04 bits per heavy atom. The fourth-order valence-corrected chi connectivity index (χ4v) is 3.02. The highest BCUT2D eigenvalue weighted by molar-refractivity contribution is 8.14. The van der Waals surface area contributed by atoms with E-state index in [0.717, 1.165) is 22.9 Å². The number of nitrogens with zero attached hydrogens (tertiary/aromatic N) is 2. The van der Waals surface area contributed by atoms with Crippen LogP contribution in [-0.4, -0.2) is 41.2 Å². The van der Waals surface area contributed by atoms with Crippen LogP contribution in [0.2, 0.25) is 0 Å². The second-order valence-corrected chi connectivity index (χ2v) is 6.43. The first-order valence-electron chi connectivity index (χ1n) is 8.11. The molecule has 2 aromatic carbocycles. The van der Waals surface area contributed by atoms with Gasteiger partial charge < -0.3 is 9.57 Å². The smallest absolute Gasteiger partial charge is 0.289 e. The van der Waals surface area contributed by atoms with Crippen molar-refractivity contribution in [1.82, 2.24) is 4.90 Å². The zero-order valence-corrected chi connectivity index (χ0v) is 14.9. The van der Waals surface area contributed by atoms with E-state index >= 15 is 0 Å². The average molecular weight is 370 g/mol. The summed E-state index contributed by atoms with van der Waals surface area (Å²) in [6.45, 7) is 0.993. The van der Waals surface area contributed by atoms with Gasteiger partial charge in [0.05, 0.1) is 18.5 Å². The largest absolute Gasteiger partial charge is 0.490 e. The third kappa shape index (κ3) is 5.10. The van der Waals surface area contributed by atoms with Gasteiger partial charge in [-0.3, -0.25) is 14.5 Å². The van der Waals surface area contributed by atoms with Gasteiger partial charge in [0.15, 0.2) is 6.61 Å². The molecule has 1 aliphatic heterocycles. The molecular weight excluding hydrogens is 352 g/mol. The van der Waals surface area contributed by atoms with Gasteiger partial charge in [0.25, 0.3) is 5.24 Å². The van der Waals surface area contributed by atoms with Crippen molar-refractivity contribution >= 4 is 29.1 Å². The predicted molar refractivity (Wildman–Crippen MR) is 100 cm³/mol. The van der Waals surface area contributed by atoms with Crippen molar-refractivity contribution in [3.63, 3.8) is 0 Å². The molecule has 0 aromatic heterocycles. The number of ether oxygens (including phenoxy) is 1. The van der Waals surface area contributed by atoms with E-state index in [2.05, 4.69) is 5.16 Å². The number of amides is 2. The molecule has 0 saturated carbocycles. The van der Waals surface area contributed by atoms with E-state index in [0.29, 0.717) is 25.5 Å². The maximum atomic E-state index is 11.6. The zero-order chi connectivity index (χ0) is 18.2. The van der Waals surface area contributed by atoms with Crippen LogP contribution in [0, 0.1) is 0 Å². The molecule has 2 aromatic rings. The minimum atomic E-state index is -0.191. The molecule has 26 heavy (non-hydrogen) atoms. The van der Waals surface area contributed by atoms with Crippen LogP contribution in [0.15, 0.2) is 59.8 Å². The van der Waals surface area contributed by atoms with Crippen molar-refractivity contribution in [3.05, 3.63) is 65.7 Å². The number of thioether (sulfide) groups is 1. The molecule has 0 spiro atoms. The van der Waals surface area contributed by atoms with Crippen LogP contribution in [0.25, 0.3) is 0 Å². The Kier molecular flexibility index (Phi) is 6.27. The number of carbonyl (C=O) groups excluding carboxylic acids is 2. The first-order chi connectivity index (χ1) is 12.7. The molecule has 0 unspecified atom stereocenters. The lowest BCUT2D eigenvalue weighted by Crippen LogP contribution is -2.27. The zero-order valence-electron chi connectivity index (χ0n) is 14.0. The number of benzene rings is 2. The molecule has 0 N–H and O–H groups in total. The standard InChI is InChI=1S/C19H18N2O4S/c22-18-14-26-19(23)21(18)13-16-6-8-17(9-7-16)24-10-11-25-20-12-15-4-2-1-3-5-15/h1-9,12H,10-11,13-14H2. The fourth-order valence-electron chi connectivity index (χ4n) is 2.29. The number of carbonyl (C=O) groups is 2. The average Bonchev–Trinajstić information content (AvgIpc) is 2.98. The number of hydrogen-bond acceptors (Lipinski definition) is 6. The van der Waals surface area contributed by atoms with Gasteiger partial charge in [-0.1, -0.05) is 59.4 Å². The van der Waals surface area contributed by atoms with Crippen LogP contribution in [0.3, 0.4) is 0 Å². The van der Waals surface area contributed by atoms with Crippen molar-refractivity contribution in [3.8, 4) is 5.75 Å². The molecule has 1 saturated heterocycles. The molecule has 0 aliphatic carbocycles. The van der Waals surface area contributed by atoms with Gasteiger partial charge in [-0.05, 0) is 23.3 Å². The Bertz CT molecular complexity index is 762. The first kappa shape index (κ1) is 18.0. The monoisotopic (exact) mass is 370 g/mol. The lowest BCUT2D eigenvalue weighted by atomic mass is 10.2. The number of imide groups is 1. The van der Waals surface area contributed by atoms with Crippen molar-refractivity contribution in [1.29, 1.82) is 0 Å². The molecule has 7 heteroatoms. The molecular formula is C19H18N2O4S. The van der Waals surface area contributed by atoms with E-state index in [1.165, 1.54) is 4.90 Å². The molecule has 1 fully saturated rings. The number of rotatable bonds is 8. The van der Waals surface area contributed by atoms with Crippen LogP contribution in [0.1, 0.15) is 11.1 Å². The molecule has 0 radical (unpaired) electrons. The summed E-state index contributed by atoms with van der Waals surface area (Å²) in [7, 11) is 0. The van der Waals surface area contributed by atoms with E-state index in [9.17, 15) is 9.59 Å². The van der Waals surface area contributed by atoms with Crippen LogP contribution < -0.4 is 4.74 Å². The van der Waals surface area contributed by atoms with Gasteiger partial charge in [-0.25, -0.2) is 0 Å². The van der Waals surface area contributed by atoms with E-state index in [1.807, 2.05) is 42.5 Å². The maximum absolute atomic E-state index is 11.6. The maximum Gasteiger partial charge on any atom is 0.289 e. The highest BCUT2D eigenvalue weighted by Gasteiger charge is 2.29. The first-order valence-corrected chi connectivity index (χ1v) is 9.10. The third-order valence-corrected chi connectivity index (χ3v) is 4.48. The Hall–Kier alpha value is -2.80. The van der Waals surface area contributed by atoms with Gasteiger partial charge >= 0.3 is 0 Å². The molecule has 6 nitrogen and oxygen atoms in total. The van der Waals surface area contributed by atoms with E-state index in [4.69, 9.17) is 9.57 Å². The Labute approximate surface area is 155 Å². The van der Waals surface area contributed by atoms with Crippen molar-refractivity contribution in [2.75, 3.05) is 19.0 Å². The number of hydrogen-bond donors (Lipinski definition) is 0. The summed E-state index contributed by atoms with van der Waals surface area (Å²) >= 11 is 1.04. The van der Waals surface area contributed by atoms with Gasteiger partial charge in [-0.15, -0.1) is 0 Å². The lowest BCUT2D eigenvalue weighted by Gasteiger charge is -2.13. The molecule has 0 bridgehead atoms. The van der Waals surface area contributed by atoms with Gasteiger partial charge in [-0.2, -0.15) is 0 Å². The van der Waals surface area contributed by atoms with Crippen LogP contribution in [-0.2, 0) is 16.2 Å². The molecule has 1 aliphatic rings. The summed E-state index contributed by atoms with van der Waals surface area (Å²) in [6, 6.07) is 17.0. The van der Waals surface area contributed by atoms with Crippen molar-refractivity contribution < 1.29 is 19.2 Å². The summed E-state index contributed by atoms with van der Waals surface area (Å²) in [6.07, 6.45) is 1.65. The predicted octanol–water partition coefficient (Wildman–Crippen LogP) is 3.31. The minimum Gasteiger partial charge on any atom is -0.490 e. The van der Waals surface area contributed by atoms with Crippen LogP contribution >= 0.6 is 11.8 Å². The van der Waals surface area contributed by atoms with E-state index in [1.54, 1.807) is 18.3 Å². The van der Waals surface area contributed by atoms with Crippen LogP contribution in [0.5, 0.6) is 5.75 Å². The second kappa shape index (κ2) is 9.05. The summed E-state index contributed by atoms with van der Waals surface area (Å²) in [4.78, 5) is 29.6. The molecule has 0 atom stereocenters. The highest BCUT2D eigenvalue weighted by atomic mass is 32.2. The Balaban J connectivity index is 1.38. The molecule has 1 heterocycles. The second-order valence-electron chi connectivity index (χ2n) is 5.51. The minimum absolute atomic E-state index is 0.145. The van der Waals surface area contributed by atoms with E-state index in [-0.39, 0.29) is 16.9 Å². The van der Waals surface area contributed by atoms with Crippen molar-refractivity contribution in [2.45, 2.75) is 6.54 Å². The third-order valence-electron chi connectivity index (χ3n) is 3.62. The topological polar surface area (TPSA) is 68.2 Å². The van der Waals surface area contributed by atoms with Gasteiger partial charge in [0.1, 0.15) is 12.4 Å². The molecule has 3 rings (SSSR count). The summed E-state index contributed by atoms with van der Waals surface area (Å²) in [5.41, 5.74) is 1.85. The Morgan fingerprint density at radius 2 is 1.81 bits per heavy atom. The Morgan fingerprint density at radius 3 is 2.50 bits per heavy atom. The highest BCUT2D eigenvalue weighted by Crippen LogP contribution is 2.22. The SMILES string of the molecule is O=C1CSC(=O)N1Cc1ccc(OCCON=Cc2ccccc2)cc1. The van der Waals surface area contributed by atoms with E-state index < -0.39 is 0 Å². The van der Waals surface area contributed by atoms with Gasteiger partial charge in [0, 0.05) is 0 Å². The molecule has 2 amide bonds. The normalized spacial score (nSPS) is 14.2. The fraction of sp³-hybridized carbons (Fsp3) is 0.211. The summed E-state index contributed by atoms with van der Waals surface area (Å²) in [5, 5.41) is 3.69. The van der Waals surface area contributed by atoms with Crippen LogP contribution in [0.4, 0.5) is 4.79 Å².